The summed E-state index contributed by atoms with van der Waals surface area (Å²) in [5, 5.41) is 18.5. The molecule has 1 heterocycles. The lowest BCUT2D eigenvalue weighted by molar-refractivity contribution is 0.0955. The fourth-order valence-corrected chi connectivity index (χ4v) is 3.31. The standard InChI is InChI=1S/C26H25N5O3/c27-25-23(16-29-31(25)17-24(32)21-11-5-2-6-12-21)26(33)30-28-15-20-10-7-13-22(14-20)34-18-19-8-3-1-4-9-19/h1-16,24,32H,17-18,27H2,(H,30,33)/b28-15+. The van der Waals surface area contributed by atoms with Crippen molar-refractivity contribution < 1.29 is 14.6 Å². The van der Waals surface area contributed by atoms with Gasteiger partial charge in [-0.3, -0.25) is 4.79 Å². The van der Waals surface area contributed by atoms with E-state index in [1.54, 1.807) is 0 Å². The van der Waals surface area contributed by atoms with E-state index >= 15 is 0 Å². The first kappa shape index (κ1) is 22.8. The van der Waals surface area contributed by atoms with Crippen molar-refractivity contribution in [2.45, 2.75) is 19.3 Å². The van der Waals surface area contributed by atoms with E-state index < -0.39 is 12.0 Å². The Morgan fingerprint density at radius 3 is 2.59 bits per heavy atom. The number of ether oxygens (including phenoxy) is 1. The number of nitrogen functional groups attached to an aromatic ring is 1. The lowest BCUT2D eigenvalue weighted by Crippen LogP contribution is -2.19. The molecule has 0 aliphatic rings. The number of nitrogens with zero attached hydrogens (tertiary/aromatic N) is 3. The average molecular weight is 456 g/mol. The van der Waals surface area contributed by atoms with E-state index in [2.05, 4.69) is 15.6 Å². The zero-order valence-electron chi connectivity index (χ0n) is 18.4. The quantitative estimate of drug-likeness (QED) is 0.264. The maximum Gasteiger partial charge on any atom is 0.276 e. The lowest BCUT2D eigenvalue weighted by Gasteiger charge is -2.12. The van der Waals surface area contributed by atoms with Crippen LogP contribution >= 0.6 is 0 Å². The van der Waals surface area contributed by atoms with E-state index in [-0.39, 0.29) is 17.9 Å². The van der Waals surface area contributed by atoms with E-state index in [1.165, 1.54) is 17.1 Å². The van der Waals surface area contributed by atoms with Crippen molar-refractivity contribution in [3.63, 3.8) is 0 Å². The molecule has 4 rings (SSSR count). The van der Waals surface area contributed by atoms with Crippen molar-refractivity contribution in [3.05, 3.63) is 113 Å². The molecule has 3 aromatic carbocycles. The van der Waals surface area contributed by atoms with Gasteiger partial charge in [0, 0.05) is 0 Å². The van der Waals surface area contributed by atoms with Crippen LogP contribution in [-0.4, -0.2) is 27.0 Å². The molecule has 0 aliphatic heterocycles. The van der Waals surface area contributed by atoms with Crippen molar-refractivity contribution >= 4 is 17.9 Å². The molecule has 0 aliphatic carbocycles. The summed E-state index contributed by atoms with van der Waals surface area (Å²) in [4.78, 5) is 12.5. The number of amides is 1. The fraction of sp³-hybridized carbons (Fsp3) is 0.115. The van der Waals surface area contributed by atoms with Gasteiger partial charge in [0.15, 0.2) is 0 Å². The number of carbonyl (C=O) groups excluding carboxylic acids is 1. The Labute approximate surface area is 197 Å². The average Bonchev–Trinajstić information content (AvgIpc) is 3.24. The van der Waals surface area contributed by atoms with Crippen molar-refractivity contribution in [2.24, 2.45) is 5.10 Å². The van der Waals surface area contributed by atoms with Crippen LogP contribution < -0.4 is 15.9 Å². The van der Waals surface area contributed by atoms with Crippen LogP contribution in [0.2, 0.25) is 0 Å². The van der Waals surface area contributed by atoms with Gasteiger partial charge in [-0.2, -0.15) is 10.2 Å². The summed E-state index contributed by atoms with van der Waals surface area (Å²) in [5.41, 5.74) is 11.3. The molecule has 34 heavy (non-hydrogen) atoms. The molecular weight excluding hydrogens is 430 g/mol. The first-order valence-corrected chi connectivity index (χ1v) is 10.7. The molecule has 0 bridgehead atoms. The van der Waals surface area contributed by atoms with Gasteiger partial charge in [0.1, 0.15) is 23.7 Å². The second-order valence-corrected chi connectivity index (χ2v) is 7.60. The highest BCUT2D eigenvalue weighted by Gasteiger charge is 2.17. The molecule has 1 aromatic heterocycles. The third-order valence-corrected chi connectivity index (χ3v) is 5.14. The maximum atomic E-state index is 12.5. The fourth-order valence-electron chi connectivity index (χ4n) is 3.31. The molecule has 8 nitrogen and oxygen atoms in total. The van der Waals surface area contributed by atoms with E-state index in [9.17, 15) is 9.90 Å². The van der Waals surface area contributed by atoms with Crippen LogP contribution in [0.3, 0.4) is 0 Å². The topological polar surface area (TPSA) is 115 Å². The predicted octanol–water partition coefficient (Wildman–Crippen LogP) is 3.54. The summed E-state index contributed by atoms with van der Waals surface area (Å²) < 4.78 is 7.21. The lowest BCUT2D eigenvalue weighted by atomic mass is 10.1. The Hall–Kier alpha value is -4.43. The van der Waals surface area contributed by atoms with E-state index in [1.807, 2.05) is 84.9 Å². The molecule has 0 radical (unpaired) electrons. The van der Waals surface area contributed by atoms with Gasteiger partial charge in [-0.25, -0.2) is 10.1 Å². The molecular formula is C26H25N5O3. The monoisotopic (exact) mass is 455 g/mol. The number of hydrazone groups is 1. The predicted molar refractivity (Wildman–Crippen MR) is 130 cm³/mol. The van der Waals surface area contributed by atoms with E-state index in [0.29, 0.717) is 12.4 Å². The van der Waals surface area contributed by atoms with Crippen molar-refractivity contribution in [1.29, 1.82) is 0 Å². The number of nitrogens with one attached hydrogen (secondary N) is 1. The summed E-state index contributed by atoms with van der Waals surface area (Å²) in [5.74, 6) is 0.353. The number of hydrogen-bond acceptors (Lipinski definition) is 6. The minimum atomic E-state index is -0.797. The van der Waals surface area contributed by atoms with Gasteiger partial charge < -0.3 is 15.6 Å². The second-order valence-electron chi connectivity index (χ2n) is 7.60. The third kappa shape index (κ3) is 5.87. The summed E-state index contributed by atoms with van der Waals surface area (Å²) in [7, 11) is 0. The minimum absolute atomic E-state index is 0.127. The zero-order chi connectivity index (χ0) is 23.8. The van der Waals surface area contributed by atoms with Gasteiger partial charge in [-0.05, 0) is 28.8 Å². The SMILES string of the molecule is Nc1c(C(=O)N/N=C/c2cccc(OCc3ccccc3)c2)cnn1CC(O)c1ccccc1. The Bertz CT molecular complexity index is 1260. The maximum absolute atomic E-state index is 12.5. The Morgan fingerprint density at radius 2 is 1.82 bits per heavy atom. The number of aliphatic hydroxyl groups excluding tert-OH is 1. The number of benzene rings is 3. The van der Waals surface area contributed by atoms with Crippen molar-refractivity contribution in [3.8, 4) is 5.75 Å². The number of aromatic nitrogens is 2. The zero-order valence-corrected chi connectivity index (χ0v) is 18.4. The van der Waals surface area contributed by atoms with Gasteiger partial charge in [-0.1, -0.05) is 72.8 Å². The number of rotatable bonds is 9. The van der Waals surface area contributed by atoms with Crippen LogP contribution in [0.1, 0.15) is 33.2 Å². The highest BCUT2D eigenvalue weighted by Crippen LogP contribution is 2.18. The van der Waals surface area contributed by atoms with Crippen LogP contribution in [0, 0.1) is 0 Å². The number of hydrogen-bond donors (Lipinski definition) is 3. The summed E-state index contributed by atoms with van der Waals surface area (Å²) in [6.45, 7) is 0.586. The molecule has 172 valence electrons. The van der Waals surface area contributed by atoms with Crippen LogP contribution in [0.25, 0.3) is 0 Å². The van der Waals surface area contributed by atoms with Crippen LogP contribution in [0.5, 0.6) is 5.75 Å². The Kier molecular flexibility index (Phi) is 7.32. The highest BCUT2D eigenvalue weighted by molar-refractivity contribution is 5.98. The largest absolute Gasteiger partial charge is 0.489 e. The van der Waals surface area contributed by atoms with Gasteiger partial charge in [0.25, 0.3) is 5.91 Å². The first-order valence-electron chi connectivity index (χ1n) is 10.7. The normalized spacial score (nSPS) is 11.9. The van der Waals surface area contributed by atoms with Crippen LogP contribution in [-0.2, 0) is 13.2 Å². The summed E-state index contributed by atoms with van der Waals surface area (Å²) in [6, 6.07) is 26.5. The van der Waals surface area contributed by atoms with Gasteiger partial charge in [0.05, 0.1) is 25.1 Å². The van der Waals surface area contributed by atoms with Crippen LogP contribution in [0.15, 0.2) is 96.2 Å². The number of nitrogens with two attached hydrogens (primary N) is 1. The Balaban J connectivity index is 1.33. The summed E-state index contributed by atoms with van der Waals surface area (Å²) in [6.07, 6.45) is 2.08. The smallest absolute Gasteiger partial charge is 0.276 e. The van der Waals surface area contributed by atoms with Gasteiger partial charge in [-0.15, -0.1) is 0 Å². The molecule has 8 heteroatoms. The summed E-state index contributed by atoms with van der Waals surface area (Å²) >= 11 is 0. The molecule has 1 atom stereocenters. The van der Waals surface area contributed by atoms with E-state index in [4.69, 9.17) is 10.5 Å². The van der Waals surface area contributed by atoms with Gasteiger partial charge >= 0.3 is 0 Å². The van der Waals surface area contributed by atoms with Crippen molar-refractivity contribution in [1.82, 2.24) is 15.2 Å². The molecule has 4 N–H and O–H groups in total. The number of aliphatic hydroxyl groups is 1. The van der Waals surface area contributed by atoms with Crippen LogP contribution in [0.4, 0.5) is 5.82 Å². The van der Waals surface area contributed by atoms with Gasteiger partial charge in [0.2, 0.25) is 0 Å². The molecule has 1 unspecified atom stereocenters. The number of anilines is 1. The number of carbonyl (C=O) groups is 1. The molecule has 0 spiro atoms. The highest BCUT2D eigenvalue weighted by atomic mass is 16.5. The molecule has 0 fully saturated rings. The van der Waals surface area contributed by atoms with E-state index in [0.717, 1.165) is 16.7 Å². The first-order chi connectivity index (χ1) is 16.6. The molecule has 0 saturated heterocycles. The Morgan fingerprint density at radius 1 is 1.09 bits per heavy atom. The third-order valence-electron chi connectivity index (χ3n) is 5.14. The molecule has 0 saturated carbocycles. The molecule has 4 aromatic rings. The minimum Gasteiger partial charge on any atom is -0.489 e. The van der Waals surface area contributed by atoms with Crippen molar-refractivity contribution in [2.75, 3.05) is 5.73 Å². The molecule has 1 amide bonds. The second kappa shape index (κ2) is 10.9.